The van der Waals surface area contributed by atoms with Gasteiger partial charge >= 0.3 is 0 Å². The largest absolute Gasteiger partial charge is 0.496 e. The summed E-state index contributed by atoms with van der Waals surface area (Å²) in [6, 6.07) is 7.44. The maximum Gasteiger partial charge on any atom is 0.244 e. The Labute approximate surface area is 107 Å². The van der Waals surface area contributed by atoms with Crippen LogP contribution in [-0.4, -0.2) is 30.8 Å². The molecule has 0 aromatic heterocycles. The zero-order valence-corrected chi connectivity index (χ0v) is 10.7. The number of ether oxygens (including phenoxy) is 1. The lowest BCUT2D eigenvalue weighted by Crippen LogP contribution is -2.30. The molecule has 0 fully saturated rings. The molecule has 0 saturated carbocycles. The van der Waals surface area contributed by atoms with Crippen molar-refractivity contribution in [3.63, 3.8) is 0 Å². The van der Waals surface area contributed by atoms with E-state index < -0.39 is 6.10 Å². The lowest BCUT2D eigenvalue weighted by Gasteiger charge is -2.07. The van der Waals surface area contributed by atoms with Gasteiger partial charge in [-0.25, -0.2) is 0 Å². The molecule has 0 saturated heterocycles. The molecule has 0 radical (unpaired) electrons. The fourth-order valence-corrected chi connectivity index (χ4v) is 1.39. The average Bonchev–Trinajstić information content (AvgIpc) is 2.42. The highest BCUT2D eigenvalue weighted by atomic mass is 16.5. The fourth-order valence-electron chi connectivity index (χ4n) is 1.39. The van der Waals surface area contributed by atoms with E-state index in [-0.39, 0.29) is 12.5 Å². The number of carbonyl (C=O) groups is 1. The Bertz CT molecular complexity index is 415. The first-order chi connectivity index (χ1) is 8.67. The summed E-state index contributed by atoms with van der Waals surface area (Å²) in [5.74, 6) is 0.489. The van der Waals surface area contributed by atoms with Crippen molar-refractivity contribution in [2.45, 2.75) is 19.4 Å². The van der Waals surface area contributed by atoms with Crippen LogP contribution in [0.25, 0.3) is 6.08 Å². The quantitative estimate of drug-likeness (QED) is 0.753. The third-order valence-electron chi connectivity index (χ3n) is 2.54. The average molecular weight is 249 g/mol. The van der Waals surface area contributed by atoms with E-state index in [1.54, 1.807) is 13.2 Å². The molecular weight excluding hydrogens is 230 g/mol. The summed E-state index contributed by atoms with van der Waals surface area (Å²) in [7, 11) is 1.59. The number of rotatable bonds is 6. The zero-order valence-electron chi connectivity index (χ0n) is 10.7. The van der Waals surface area contributed by atoms with Crippen molar-refractivity contribution in [2.24, 2.45) is 0 Å². The van der Waals surface area contributed by atoms with Crippen LogP contribution >= 0.6 is 0 Å². The van der Waals surface area contributed by atoms with E-state index in [0.29, 0.717) is 6.42 Å². The number of carbonyl (C=O) groups excluding carboxylic acids is 1. The van der Waals surface area contributed by atoms with Crippen molar-refractivity contribution in [3.8, 4) is 5.75 Å². The molecular formula is C14H19NO3. The van der Waals surface area contributed by atoms with E-state index in [2.05, 4.69) is 5.32 Å². The molecule has 4 nitrogen and oxygen atoms in total. The summed E-state index contributed by atoms with van der Waals surface area (Å²) >= 11 is 0. The molecule has 0 aliphatic carbocycles. The Morgan fingerprint density at radius 2 is 2.22 bits per heavy atom. The second-order valence-electron chi connectivity index (χ2n) is 3.88. The highest BCUT2D eigenvalue weighted by Crippen LogP contribution is 2.18. The second-order valence-corrected chi connectivity index (χ2v) is 3.88. The van der Waals surface area contributed by atoms with E-state index >= 15 is 0 Å². The minimum atomic E-state index is -0.492. The molecule has 1 rings (SSSR count). The Morgan fingerprint density at radius 1 is 1.50 bits per heavy atom. The number of hydrogen-bond donors (Lipinski definition) is 2. The van der Waals surface area contributed by atoms with Gasteiger partial charge in [-0.15, -0.1) is 0 Å². The van der Waals surface area contributed by atoms with Gasteiger partial charge in [0, 0.05) is 18.2 Å². The predicted octanol–water partition coefficient (Wildman–Crippen LogP) is 1.60. The summed E-state index contributed by atoms with van der Waals surface area (Å²) in [6.07, 6.45) is 3.25. The highest BCUT2D eigenvalue weighted by Gasteiger charge is 2.02. The molecule has 0 heterocycles. The summed E-state index contributed by atoms with van der Waals surface area (Å²) in [5, 5.41) is 11.9. The van der Waals surface area contributed by atoms with Gasteiger partial charge in [0.15, 0.2) is 0 Å². The van der Waals surface area contributed by atoms with E-state index in [0.717, 1.165) is 11.3 Å². The minimum absolute atomic E-state index is 0.228. The predicted molar refractivity (Wildman–Crippen MR) is 71.3 cm³/mol. The monoisotopic (exact) mass is 249 g/mol. The van der Waals surface area contributed by atoms with Gasteiger partial charge in [0.2, 0.25) is 5.91 Å². The number of amides is 1. The van der Waals surface area contributed by atoms with Crippen LogP contribution in [0.1, 0.15) is 18.9 Å². The number of para-hydroxylation sites is 1. The van der Waals surface area contributed by atoms with Crippen LogP contribution in [0.5, 0.6) is 5.75 Å². The Morgan fingerprint density at radius 3 is 2.89 bits per heavy atom. The Balaban J connectivity index is 2.55. The molecule has 1 unspecified atom stereocenters. The molecule has 1 atom stereocenters. The molecule has 0 bridgehead atoms. The van der Waals surface area contributed by atoms with Gasteiger partial charge in [-0.2, -0.15) is 0 Å². The lowest BCUT2D eigenvalue weighted by molar-refractivity contribution is -0.116. The summed E-state index contributed by atoms with van der Waals surface area (Å²) in [5.41, 5.74) is 0.839. The number of aliphatic hydroxyl groups excluding tert-OH is 1. The van der Waals surface area contributed by atoms with Crippen molar-refractivity contribution >= 4 is 12.0 Å². The van der Waals surface area contributed by atoms with Crippen LogP contribution in [0.2, 0.25) is 0 Å². The van der Waals surface area contributed by atoms with Gasteiger partial charge in [0.25, 0.3) is 0 Å². The molecule has 1 aromatic carbocycles. The molecule has 4 heteroatoms. The fraction of sp³-hybridized carbons (Fsp3) is 0.357. The number of nitrogens with one attached hydrogen (secondary N) is 1. The van der Waals surface area contributed by atoms with Crippen LogP contribution in [-0.2, 0) is 4.79 Å². The lowest BCUT2D eigenvalue weighted by atomic mass is 10.2. The molecule has 1 amide bonds. The maximum atomic E-state index is 11.5. The standard InChI is InChI=1S/C14H19NO3/c1-3-12(16)10-15-14(17)9-8-11-6-4-5-7-13(11)18-2/h4-9,12,16H,3,10H2,1-2H3,(H,15,17)/b9-8+. The van der Waals surface area contributed by atoms with Gasteiger partial charge in [-0.3, -0.25) is 4.79 Å². The van der Waals surface area contributed by atoms with Crippen LogP contribution in [0.15, 0.2) is 30.3 Å². The van der Waals surface area contributed by atoms with Crippen molar-refractivity contribution in [1.29, 1.82) is 0 Å². The molecule has 0 spiro atoms. The van der Waals surface area contributed by atoms with E-state index in [1.165, 1.54) is 6.08 Å². The number of hydrogen-bond acceptors (Lipinski definition) is 3. The first kappa shape index (κ1) is 14.3. The summed E-state index contributed by atoms with van der Waals surface area (Å²) < 4.78 is 5.17. The SMILES string of the molecule is CCC(O)CNC(=O)/C=C/c1ccccc1OC. The van der Waals surface area contributed by atoms with Crippen LogP contribution in [0, 0.1) is 0 Å². The van der Waals surface area contributed by atoms with Crippen LogP contribution in [0.3, 0.4) is 0 Å². The van der Waals surface area contributed by atoms with Crippen LogP contribution in [0.4, 0.5) is 0 Å². The number of aliphatic hydroxyl groups is 1. The third kappa shape index (κ3) is 4.59. The highest BCUT2D eigenvalue weighted by molar-refractivity contribution is 5.92. The first-order valence-electron chi connectivity index (χ1n) is 5.94. The zero-order chi connectivity index (χ0) is 13.4. The van der Waals surface area contributed by atoms with Crippen molar-refractivity contribution in [3.05, 3.63) is 35.9 Å². The smallest absolute Gasteiger partial charge is 0.244 e. The Kier molecular flexibility index (Phi) is 5.94. The maximum absolute atomic E-state index is 11.5. The third-order valence-corrected chi connectivity index (χ3v) is 2.54. The van der Waals surface area contributed by atoms with Crippen LogP contribution < -0.4 is 10.1 Å². The minimum Gasteiger partial charge on any atom is -0.496 e. The van der Waals surface area contributed by atoms with E-state index in [9.17, 15) is 9.90 Å². The van der Waals surface area contributed by atoms with Crippen molar-refractivity contribution < 1.29 is 14.6 Å². The van der Waals surface area contributed by atoms with Gasteiger partial charge in [0.1, 0.15) is 5.75 Å². The molecule has 98 valence electrons. The van der Waals surface area contributed by atoms with Gasteiger partial charge in [-0.05, 0) is 18.6 Å². The molecule has 0 aliphatic heterocycles. The first-order valence-corrected chi connectivity index (χ1v) is 5.94. The molecule has 2 N–H and O–H groups in total. The molecule has 1 aromatic rings. The topological polar surface area (TPSA) is 58.6 Å². The number of methoxy groups -OCH3 is 1. The van der Waals surface area contributed by atoms with Gasteiger partial charge < -0.3 is 15.2 Å². The molecule has 0 aliphatic rings. The molecule has 18 heavy (non-hydrogen) atoms. The Hall–Kier alpha value is -1.81. The van der Waals surface area contributed by atoms with Crippen molar-refractivity contribution in [1.82, 2.24) is 5.32 Å². The van der Waals surface area contributed by atoms with E-state index in [4.69, 9.17) is 4.74 Å². The summed E-state index contributed by atoms with van der Waals surface area (Å²) in [6.45, 7) is 2.13. The van der Waals surface area contributed by atoms with Gasteiger partial charge in [0.05, 0.1) is 13.2 Å². The normalized spacial score (nSPS) is 12.4. The summed E-state index contributed by atoms with van der Waals surface area (Å²) in [4.78, 5) is 11.5. The number of benzene rings is 1. The second kappa shape index (κ2) is 7.50. The van der Waals surface area contributed by atoms with E-state index in [1.807, 2.05) is 31.2 Å². The van der Waals surface area contributed by atoms with Crippen molar-refractivity contribution in [2.75, 3.05) is 13.7 Å². The van der Waals surface area contributed by atoms with Gasteiger partial charge in [-0.1, -0.05) is 25.1 Å².